The predicted molar refractivity (Wildman–Crippen MR) is 125 cm³/mol. The Morgan fingerprint density at radius 3 is 2.72 bits per heavy atom. The lowest BCUT2D eigenvalue weighted by molar-refractivity contribution is 0.0322. The summed E-state index contributed by atoms with van der Waals surface area (Å²) in [6.45, 7) is 9.12. The molecule has 7 nitrogen and oxygen atoms in total. The second-order valence-corrected chi connectivity index (χ2v) is 6.54. The Kier molecular flexibility index (Phi) is 10.9. The molecule has 1 fully saturated rings. The third-order valence-corrected chi connectivity index (χ3v) is 4.50. The highest BCUT2D eigenvalue weighted by Gasteiger charge is 2.10. The van der Waals surface area contributed by atoms with Crippen molar-refractivity contribution in [3.8, 4) is 5.75 Å². The number of nitrogens with zero attached hydrogens (tertiary/aromatic N) is 2. The van der Waals surface area contributed by atoms with Crippen LogP contribution in [0.4, 0.5) is 0 Å². The fourth-order valence-electron chi connectivity index (χ4n) is 2.97. The van der Waals surface area contributed by atoms with Gasteiger partial charge in [-0.25, -0.2) is 4.99 Å². The van der Waals surface area contributed by atoms with E-state index in [2.05, 4.69) is 26.6 Å². The number of rotatable bonds is 9. The highest BCUT2D eigenvalue weighted by molar-refractivity contribution is 14.0. The first-order valence-corrected chi connectivity index (χ1v) is 9.90. The highest BCUT2D eigenvalue weighted by atomic mass is 127. The van der Waals surface area contributed by atoms with Gasteiger partial charge in [-0.05, 0) is 25.1 Å². The number of aliphatic imine (C=N–C) groups is 1. The molecule has 0 bridgehead atoms. The summed E-state index contributed by atoms with van der Waals surface area (Å²) in [6.07, 6.45) is 1.67. The van der Waals surface area contributed by atoms with Crippen LogP contribution in [0, 0.1) is 0 Å². The Balaban J connectivity index is 0.00000300. The van der Waals surface area contributed by atoms with Crippen LogP contribution in [0.5, 0.6) is 5.75 Å². The summed E-state index contributed by atoms with van der Waals surface area (Å²) in [4.78, 5) is 7.05. The lowest BCUT2D eigenvalue weighted by Gasteiger charge is -2.26. The van der Waals surface area contributed by atoms with E-state index in [1.54, 1.807) is 6.26 Å². The normalized spacial score (nSPS) is 14.9. The molecule has 29 heavy (non-hydrogen) atoms. The average molecular weight is 514 g/mol. The maximum Gasteiger partial charge on any atom is 0.191 e. The van der Waals surface area contributed by atoms with Gasteiger partial charge < -0.3 is 24.5 Å². The molecule has 0 unspecified atom stereocenters. The molecule has 1 aliphatic heterocycles. The average Bonchev–Trinajstić information content (AvgIpc) is 3.25. The zero-order chi connectivity index (χ0) is 19.4. The molecule has 1 saturated heterocycles. The van der Waals surface area contributed by atoms with Crippen molar-refractivity contribution in [1.82, 2.24) is 15.5 Å². The van der Waals surface area contributed by atoms with Gasteiger partial charge >= 0.3 is 0 Å². The van der Waals surface area contributed by atoms with Crippen LogP contribution >= 0.6 is 24.0 Å². The van der Waals surface area contributed by atoms with Gasteiger partial charge in [0, 0.05) is 31.7 Å². The van der Waals surface area contributed by atoms with Crippen LogP contribution in [0.25, 0.3) is 0 Å². The molecule has 1 aromatic heterocycles. The quantitative estimate of drug-likeness (QED) is 0.305. The Morgan fingerprint density at radius 1 is 1.14 bits per heavy atom. The summed E-state index contributed by atoms with van der Waals surface area (Å²) >= 11 is 0. The number of hydrogen-bond donors (Lipinski definition) is 2. The largest absolute Gasteiger partial charge is 0.492 e. The van der Waals surface area contributed by atoms with Crippen LogP contribution in [0.15, 0.2) is 52.1 Å². The van der Waals surface area contributed by atoms with Crippen molar-refractivity contribution in [1.29, 1.82) is 0 Å². The lowest BCUT2D eigenvalue weighted by Crippen LogP contribution is -2.38. The third kappa shape index (κ3) is 8.23. The van der Waals surface area contributed by atoms with Gasteiger partial charge in [0.05, 0.1) is 32.6 Å². The van der Waals surface area contributed by atoms with Gasteiger partial charge in [-0.2, -0.15) is 0 Å². The zero-order valence-electron chi connectivity index (χ0n) is 16.9. The molecule has 1 aromatic carbocycles. The minimum Gasteiger partial charge on any atom is -0.492 e. The van der Waals surface area contributed by atoms with E-state index < -0.39 is 0 Å². The minimum absolute atomic E-state index is 0. The zero-order valence-corrected chi connectivity index (χ0v) is 19.3. The van der Waals surface area contributed by atoms with E-state index in [9.17, 15) is 0 Å². The summed E-state index contributed by atoms with van der Waals surface area (Å²) in [6, 6.07) is 11.9. The summed E-state index contributed by atoms with van der Waals surface area (Å²) in [7, 11) is 0. The van der Waals surface area contributed by atoms with Crippen LogP contribution in [-0.2, 0) is 17.8 Å². The predicted octanol–water partition coefficient (Wildman–Crippen LogP) is 2.86. The molecular formula is C21H31IN4O3. The first-order chi connectivity index (χ1) is 13.8. The maximum absolute atomic E-state index is 6.04. The molecule has 0 amide bonds. The molecule has 2 N–H and O–H groups in total. The van der Waals surface area contributed by atoms with Crippen molar-refractivity contribution >= 4 is 29.9 Å². The highest BCUT2D eigenvalue weighted by Crippen LogP contribution is 2.19. The van der Waals surface area contributed by atoms with E-state index in [-0.39, 0.29) is 24.0 Å². The Labute approximate surface area is 189 Å². The fraction of sp³-hybridized carbons (Fsp3) is 0.476. The van der Waals surface area contributed by atoms with Crippen molar-refractivity contribution in [3.63, 3.8) is 0 Å². The van der Waals surface area contributed by atoms with Gasteiger partial charge in [0.2, 0.25) is 0 Å². The summed E-state index contributed by atoms with van der Waals surface area (Å²) in [5, 5.41) is 6.54. The molecule has 0 atom stereocenters. The summed E-state index contributed by atoms with van der Waals surface area (Å²) in [5.41, 5.74) is 1.07. The lowest BCUT2D eigenvalue weighted by atomic mass is 10.2. The Bertz CT molecular complexity index is 718. The van der Waals surface area contributed by atoms with Gasteiger partial charge in [0.25, 0.3) is 0 Å². The standard InChI is InChI=1S/C21H30N4O3.HI/c1-2-22-21(24-17-19-7-5-12-27-19)23-16-18-6-3-4-8-20(18)28-15-11-25-9-13-26-14-10-25;/h3-8,12H,2,9-11,13-17H2,1H3,(H2,22,23,24);1H. The van der Waals surface area contributed by atoms with Gasteiger partial charge in [0.15, 0.2) is 5.96 Å². The van der Waals surface area contributed by atoms with E-state index >= 15 is 0 Å². The summed E-state index contributed by atoms with van der Waals surface area (Å²) in [5.74, 6) is 2.51. The van der Waals surface area contributed by atoms with Crippen molar-refractivity contribution in [3.05, 3.63) is 54.0 Å². The van der Waals surface area contributed by atoms with Crippen LogP contribution in [0.3, 0.4) is 0 Å². The van der Waals surface area contributed by atoms with Crippen LogP contribution in [-0.4, -0.2) is 56.9 Å². The number of para-hydroxylation sites is 1. The topological polar surface area (TPSA) is 71.3 Å². The first kappa shape index (κ1) is 23.5. The monoisotopic (exact) mass is 514 g/mol. The molecular weight excluding hydrogens is 483 g/mol. The van der Waals surface area contributed by atoms with Crippen molar-refractivity contribution in [2.45, 2.75) is 20.0 Å². The number of morpholine rings is 1. The molecule has 8 heteroatoms. The van der Waals surface area contributed by atoms with E-state index in [4.69, 9.17) is 13.9 Å². The number of halogens is 1. The number of furan rings is 1. The molecule has 0 saturated carbocycles. The first-order valence-electron chi connectivity index (χ1n) is 9.90. The van der Waals surface area contributed by atoms with Gasteiger partial charge in [0.1, 0.15) is 18.1 Å². The van der Waals surface area contributed by atoms with E-state index in [0.29, 0.717) is 19.7 Å². The van der Waals surface area contributed by atoms with Crippen molar-refractivity contribution < 1.29 is 13.9 Å². The second kappa shape index (κ2) is 13.4. The fourth-order valence-corrected chi connectivity index (χ4v) is 2.97. The molecule has 1 aliphatic rings. The number of guanidine groups is 1. The Hall–Kier alpha value is -1.78. The maximum atomic E-state index is 6.04. The minimum atomic E-state index is 0. The molecule has 0 spiro atoms. The molecule has 0 aliphatic carbocycles. The smallest absolute Gasteiger partial charge is 0.191 e. The van der Waals surface area contributed by atoms with Crippen LogP contribution in [0.2, 0.25) is 0 Å². The van der Waals surface area contributed by atoms with Crippen molar-refractivity contribution in [2.75, 3.05) is 46.0 Å². The van der Waals surface area contributed by atoms with E-state index in [1.807, 2.05) is 37.3 Å². The van der Waals surface area contributed by atoms with Gasteiger partial charge in [-0.15, -0.1) is 24.0 Å². The molecule has 2 heterocycles. The molecule has 160 valence electrons. The van der Waals surface area contributed by atoms with Crippen LogP contribution in [0.1, 0.15) is 18.2 Å². The van der Waals surface area contributed by atoms with E-state index in [0.717, 1.165) is 62.4 Å². The number of nitrogens with one attached hydrogen (secondary N) is 2. The van der Waals surface area contributed by atoms with Gasteiger partial charge in [-0.1, -0.05) is 18.2 Å². The number of ether oxygens (including phenoxy) is 2. The number of benzene rings is 1. The molecule has 0 radical (unpaired) electrons. The van der Waals surface area contributed by atoms with Gasteiger partial charge in [-0.3, -0.25) is 4.90 Å². The number of hydrogen-bond acceptors (Lipinski definition) is 5. The SMILES string of the molecule is CCNC(=NCc1ccccc1OCCN1CCOCC1)NCc1ccco1.I. The summed E-state index contributed by atoms with van der Waals surface area (Å²) < 4.78 is 16.8. The van der Waals surface area contributed by atoms with Crippen molar-refractivity contribution in [2.24, 2.45) is 4.99 Å². The van der Waals surface area contributed by atoms with E-state index in [1.165, 1.54) is 0 Å². The molecule has 2 aromatic rings. The second-order valence-electron chi connectivity index (χ2n) is 6.54. The third-order valence-electron chi connectivity index (χ3n) is 4.50. The Morgan fingerprint density at radius 2 is 1.97 bits per heavy atom. The molecule has 3 rings (SSSR count). The van der Waals surface area contributed by atoms with Crippen LogP contribution < -0.4 is 15.4 Å².